The molecule has 0 bridgehead atoms. The fraction of sp³-hybridized carbons (Fsp3) is 0.190. The highest BCUT2D eigenvalue weighted by atomic mass is 16.7. The first-order chi connectivity index (χ1) is 13.9. The Balaban J connectivity index is 1.66. The van der Waals surface area contributed by atoms with Gasteiger partial charge in [-0.25, -0.2) is 14.6 Å². The largest absolute Gasteiger partial charge is 0.495 e. The van der Waals surface area contributed by atoms with Crippen LogP contribution in [0.5, 0.6) is 5.75 Å². The average Bonchev–Trinajstić information content (AvgIpc) is 3.10. The molecule has 1 saturated heterocycles. The molecular weight excluding hydrogens is 376 g/mol. The second-order valence-electron chi connectivity index (χ2n) is 6.78. The number of esters is 2. The summed E-state index contributed by atoms with van der Waals surface area (Å²) in [6.07, 6.45) is 1.23. The molecule has 0 atom stereocenters. The van der Waals surface area contributed by atoms with Crippen LogP contribution in [0.15, 0.2) is 58.7 Å². The van der Waals surface area contributed by atoms with Gasteiger partial charge in [0.2, 0.25) is 5.89 Å². The standard InChI is InChI=1S/C21H18N2O6/c1-21(2)28-19(24)13(20(25)29-21)11-22-15-10-12(8-9-16(15)26-3)18-23-14-6-4-5-7-17(14)27-18/h4-11,22H,1-3H3. The Kier molecular flexibility index (Phi) is 4.46. The maximum Gasteiger partial charge on any atom is 0.350 e. The van der Waals surface area contributed by atoms with E-state index in [0.717, 1.165) is 5.52 Å². The highest BCUT2D eigenvalue weighted by Crippen LogP contribution is 2.32. The highest BCUT2D eigenvalue weighted by Gasteiger charge is 2.39. The second kappa shape index (κ2) is 6.97. The van der Waals surface area contributed by atoms with Crippen molar-refractivity contribution in [3.05, 3.63) is 54.2 Å². The molecule has 8 nitrogen and oxygen atoms in total. The van der Waals surface area contributed by atoms with Gasteiger partial charge in [0.1, 0.15) is 11.3 Å². The number of benzene rings is 2. The molecule has 0 radical (unpaired) electrons. The van der Waals surface area contributed by atoms with Crippen molar-refractivity contribution in [1.82, 2.24) is 4.98 Å². The Morgan fingerprint density at radius 3 is 2.48 bits per heavy atom. The third-order valence-corrected chi connectivity index (χ3v) is 4.23. The summed E-state index contributed by atoms with van der Waals surface area (Å²) in [5.74, 6) is -1.90. The molecule has 1 N–H and O–H groups in total. The van der Waals surface area contributed by atoms with E-state index in [0.29, 0.717) is 28.5 Å². The Morgan fingerprint density at radius 1 is 1.07 bits per heavy atom. The maximum absolute atomic E-state index is 12.1. The van der Waals surface area contributed by atoms with Crippen LogP contribution in [0.4, 0.5) is 5.69 Å². The van der Waals surface area contributed by atoms with Crippen molar-refractivity contribution in [1.29, 1.82) is 0 Å². The molecule has 0 spiro atoms. The van der Waals surface area contributed by atoms with Gasteiger partial charge in [0.15, 0.2) is 11.2 Å². The number of carbonyl (C=O) groups is 2. The van der Waals surface area contributed by atoms with E-state index in [9.17, 15) is 9.59 Å². The zero-order valence-corrected chi connectivity index (χ0v) is 16.0. The predicted octanol–water partition coefficient (Wildman–Crippen LogP) is 3.64. The first-order valence-corrected chi connectivity index (χ1v) is 8.84. The molecule has 2 aromatic carbocycles. The average molecular weight is 394 g/mol. The van der Waals surface area contributed by atoms with Gasteiger partial charge in [0, 0.05) is 25.6 Å². The molecule has 1 aliphatic heterocycles. The van der Waals surface area contributed by atoms with Gasteiger partial charge in [0.25, 0.3) is 5.79 Å². The van der Waals surface area contributed by atoms with Crippen LogP contribution in [-0.4, -0.2) is 29.8 Å². The van der Waals surface area contributed by atoms with Crippen LogP contribution in [0, 0.1) is 0 Å². The smallest absolute Gasteiger partial charge is 0.350 e. The van der Waals surface area contributed by atoms with Gasteiger partial charge >= 0.3 is 11.9 Å². The molecule has 3 aromatic rings. The Bertz CT molecular complexity index is 1090. The van der Waals surface area contributed by atoms with Crippen LogP contribution in [0.1, 0.15) is 13.8 Å². The Hall–Kier alpha value is -3.81. The van der Waals surface area contributed by atoms with Gasteiger partial charge in [-0.1, -0.05) is 12.1 Å². The number of cyclic esters (lactones) is 2. The number of nitrogens with zero attached hydrogens (tertiary/aromatic N) is 1. The van der Waals surface area contributed by atoms with Crippen LogP contribution < -0.4 is 10.1 Å². The van der Waals surface area contributed by atoms with Crippen LogP contribution in [0.3, 0.4) is 0 Å². The van der Waals surface area contributed by atoms with Crippen LogP contribution in [0.25, 0.3) is 22.6 Å². The second-order valence-corrected chi connectivity index (χ2v) is 6.78. The molecule has 0 aliphatic carbocycles. The van der Waals surface area contributed by atoms with Gasteiger partial charge in [-0.2, -0.15) is 0 Å². The lowest BCUT2D eigenvalue weighted by atomic mass is 10.1. The fourth-order valence-electron chi connectivity index (χ4n) is 2.88. The first kappa shape index (κ1) is 18.5. The maximum atomic E-state index is 12.1. The van der Waals surface area contributed by atoms with E-state index >= 15 is 0 Å². The van der Waals surface area contributed by atoms with E-state index in [1.165, 1.54) is 27.2 Å². The molecule has 1 aromatic heterocycles. The number of nitrogens with one attached hydrogen (secondary N) is 1. The monoisotopic (exact) mass is 394 g/mol. The van der Waals surface area contributed by atoms with Crippen molar-refractivity contribution in [2.45, 2.75) is 19.6 Å². The molecule has 29 heavy (non-hydrogen) atoms. The minimum atomic E-state index is -1.30. The zero-order valence-electron chi connectivity index (χ0n) is 16.0. The van der Waals surface area contributed by atoms with Gasteiger partial charge in [-0.3, -0.25) is 0 Å². The molecule has 1 fully saturated rings. The summed E-state index contributed by atoms with van der Waals surface area (Å²) in [7, 11) is 1.51. The molecule has 0 amide bonds. The number of hydrogen-bond acceptors (Lipinski definition) is 8. The van der Waals surface area contributed by atoms with Crippen molar-refractivity contribution in [2.75, 3.05) is 12.4 Å². The number of fused-ring (bicyclic) bond motifs is 1. The summed E-state index contributed by atoms with van der Waals surface area (Å²) in [5.41, 5.74) is 2.36. The summed E-state index contributed by atoms with van der Waals surface area (Å²) in [5, 5.41) is 2.91. The molecule has 8 heteroatoms. The minimum Gasteiger partial charge on any atom is -0.495 e. The SMILES string of the molecule is COc1ccc(-c2nc3ccccc3o2)cc1NC=C1C(=O)OC(C)(C)OC1=O. The van der Waals surface area contributed by atoms with Crippen LogP contribution in [0.2, 0.25) is 0 Å². The number of aromatic nitrogens is 1. The lowest BCUT2D eigenvalue weighted by Crippen LogP contribution is -2.42. The molecule has 148 valence electrons. The molecule has 2 heterocycles. The van der Waals surface area contributed by atoms with E-state index < -0.39 is 17.7 Å². The summed E-state index contributed by atoms with van der Waals surface area (Å²) in [6, 6.07) is 12.7. The van der Waals surface area contributed by atoms with E-state index in [4.69, 9.17) is 18.6 Å². The Morgan fingerprint density at radius 2 is 1.79 bits per heavy atom. The van der Waals surface area contributed by atoms with Crippen molar-refractivity contribution >= 4 is 28.7 Å². The Labute approximate surface area is 166 Å². The molecule has 1 aliphatic rings. The molecule has 4 rings (SSSR count). The number of carbonyl (C=O) groups excluding carboxylic acids is 2. The van der Waals surface area contributed by atoms with Gasteiger partial charge in [-0.05, 0) is 30.3 Å². The van der Waals surface area contributed by atoms with Crippen molar-refractivity contribution < 1.29 is 28.2 Å². The topological polar surface area (TPSA) is 99.9 Å². The summed E-state index contributed by atoms with van der Waals surface area (Å²) < 4.78 is 21.3. The minimum absolute atomic E-state index is 0.251. The quantitative estimate of drug-likeness (QED) is 0.407. The lowest BCUT2D eigenvalue weighted by molar-refractivity contribution is -0.222. The summed E-state index contributed by atoms with van der Waals surface area (Å²) >= 11 is 0. The zero-order chi connectivity index (χ0) is 20.6. The van der Waals surface area contributed by atoms with Crippen LogP contribution >= 0.6 is 0 Å². The van der Waals surface area contributed by atoms with Crippen molar-refractivity contribution in [3.63, 3.8) is 0 Å². The van der Waals surface area contributed by atoms with Crippen molar-refractivity contribution in [2.24, 2.45) is 0 Å². The number of hydrogen-bond donors (Lipinski definition) is 1. The fourth-order valence-corrected chi connectivity index (χ4v) is 2.88. The number of rotatable bonds is 4. The summed E-state index contributed by atoms with van der Waals surface area (Å²) in [4.78, 5) is 28.7. The van der Waals surface area contributed by atoms with Gasteiger partial charge < -0.3 is 23.9 Å². The molecule has 0 saturated carbocycles. The highest BCUT2D eigenvalue weighted by molar-refractivity contribution is 6.15. The van der Waals surface area contributed by atoms with Crippen molar-refractivity contribution in [3.8, 4) is 17.2 Å². The number of para-hydroxylation sites is 2. The molecule has 0 unspecified atom stereocenters. The van der Waals surface area contributed by atoms with Gasteiger partial charge in [0.05, 0.1) is 12.8 Å². The summed E-state index contributed by atoms with van der Waals surface area (Å²) in [6.45, 7) is 2.97. The third-order valence-electron chi connectivity index (χ3n) is 4.23. The first-order valence-electron chi connectivity index (χ1n) is 8.84. The van der Waals surface area contributed by atoms with E-state index in [1.807, 2.05) is 24.3 Å². The van der Waals surface area contributed by atoms with E-state index in [-0.39, 0.29) is 5.57 Å². The molecular formula is C21H18N2O6. The van der Waals surface area contributed by atoms with Crippen LogP contribution in [-0.2, 0) is 19.1 Å². The van der Waals surface area contributed by atoms with E-state index in [1.54, 1.807) is 18.2 Å². The third kappa shape index (κ3) is 3.64. The number of anilines is 1. The number of oxazole rings is 1. The van der Waals surface area contributed by atoms with Gasteiger partial charge in [-0.15, -0.1) is 0 Å². The van der Waals surface area contributed by atoms with E-state index in [2.05, 4.69) is 10.3 Å². The number of methoxy groups -OCH3 is 1. The lowest BCUT2D eigenvalue weighted by Gasteiger charge is -2.29. The predicted molar refractivity (Wildman–Crippen MR) is 104 cm³/mol. The normalized spacial score (nSPS) is 15.6. The number of ether oxygens (including phenoxy) is 3.